The molecule has 0 bridgehead atoms. The van der Waals surface area contributed by atoms with E-state index in [9.17, 15) is 4.79 Å². The lowest BCUT2D eigenvalue weighted by molar-refractivity contribution is 0.0228. The van der Waals surface area contributed by atoms with Gasteiger partial charge in [0.05, 0.1) is 6.10 Å². The monoisotopic (exact) mass is 234 g/mol. The van der Waals surface area contributed by atoms with Gasteiger partial charge in [0.15, 0.2) is 5.78 Å². The zero-order valence-corrected chi connectivity index (χ0v) is 10.5. The van der Waals surface area contributed by atoms with Crippen LogP contribution in [0, 0.1) is 0 Å². The van der Waals surface area contributed by atoms with Gasteiger partial charge in [0.1, 0.15) is 11.4 Å². The maximum absolute atomic E-state index is 12.1. The second-order valence-corrected chi connectivity index (χ2v) is 4.89. The third kappa shape index (κ3) is 2.86. The molecule has 0 unspecified atom stereocenters. The van der Waals surface area contributed by atoms with Gasteiger partial charge < -0.3 is 9.47 Å². The van der Waals surface area contributed by atoms with E-state index in [1.54, 1.807) is 33.1 Å². The van der Waals surface area contributed by atoms with Crippen molar-refractivity contribution in [2.45, 2.75) is 38.4 Å². The van der Waals surface area contributed by atoms with Crippen LogP contribution >= 0.6 is 0 Å². The third-order valence-electron chi connectivity index (χ3n) is 3.00. The van der Waals surface area contributed by atoms with E-state index in [0.29, 0.717) is 11.7 Å². The third-order valence-corrected chi connectivity index (χ3v) is 3.00. The van der Waals surface area contributed by atoms with Crippen molar-refractivity contribution in [3.63, 3.8) is 0 Å². The highest BCUT2D eigenvalue weighted by atomic mass is 16.5. The van der Waals surface area contributed by atoms with Gasteiger partial charge in [-0.25, -0.2) is 0 Å². The molecular formula is C14H18O3. The predicted octanol–water partition coefficient (Wildman–Crippen LogP) is 2.84. The molecule has 1 aromatic carbocycles. The number of ketones is 1. The fraction of sp³-hybridized carbons (Fsp3) is 0.500. The average molecular weight is 234 g/mol. The van der Waals surface area contributed by atoms with Gasteiger partial charge in [0.2, 0.25) is 0 Å². The molecule has 0 saturated heterocycles. The van der Waals surface area contributed by atoms with Crippen LogP contribution in [0.15, 0.2) is 24.3 Å². The minimum atomic E-state index is -0.779. The van der Waals surface area contributed by atoms with Crippen LogP contribution in [-0.4, -0.2) is 24.6 Å². The standard InChI is InChI=1S/C14H18O3/c1-14(2,16-3)13(15)10-4-6-11(7-5-10)17-12-8-9-12/h4-7,12H,8-9H2,1-3H3. The molecule has 17 heavy (non-hydrogen) atoms. The zero-order valence-electron chi connectivity index (χ0n) is 10.5. The Labute approximate surface area is 102 Å². The summed E-state index contributed by atoms with van der Waals surface area (Å²) in [7, 11) is 1.54. The Hall–Kier alpha value is -1.35. The predicted molar refractivity (Wildman–Crippen MR) is 65.5 cm³/mol. The minimum absolute atomic E-state index is 0.0158. The fourth-order valence-corrected chi connectivity index (χ4v) is 1.50. The van der Waals surface area contributed by atoms with Gasteiger partial charge in [-0.2, -0.15) is 0 Å². The molecule has 1 aliphatic carbocycles. The summed E-state index contributed by atoms with van der Waals surface area (Å²) in [6.45, 7) is 3.54. The van der Waals surface area contributed by atoms with E-state index in [-0.39, 0.29) is 5.78 Å². The number of hydrogen-bond donors (Lipinski definition) is 0. The molecule has 0 aromatic heterocycles. The first-order chi connectivity index (χ1) is 8.03. The van der Waals surface area contributed by atoms with Crippen LogP contribution in [-0.2, 0) is 4.74 Å². The molecular weight excluding hydrogens is 216 g/mol. The summed E-state index contributed by atoms with van der Waals surface area (Å²) in [4.78, 5) is 12.1. The maximum atomic E-state index is 12.1. The van der Waals surface area contributed by atoms with Crippen molar-refractivity contribution in [3.05, 3.63) is 29.8 Å². The van der Waals surface area contributed by atoms with Crippen molar-refractivity contribution >= 4 is 5.78 Å². The number of carbonyl (C=O) groups excluding carboxylic acids is 1. The maximum Gasteiger partial charge on any atom is 0.194 e. The summed E-state index contributed by atoms with van der Waals surface area (Å²) in [6, 6.07) is 7.27. The van der Waals surface area contributed by atoms with Gasteiger partial charge in [0, 0.05) is 12.7 Å². The van der Waals surface area contributed by atoms with Gasteiger partial charge in [-0.3, -0.25) is 4.79 Å². The molecule has 0 spiro atoms. The molecule has 0 radical (unpaired) electrons. The minimum Gasteiger partial charge on any atom is -0.490 e. The first-order valence-corrected chi connectivity index (χ1v) is 5.89. The highest BCUT2D eigenvalue weighted by Gasteiger charge is 2.28. The highest BCUT2D eigenvalue weighted by molar-refractivity contribution is 6.02. The Morgan fingerprint density at radius 3 is 2.29 bits per heavy atom. The van der Waals surface area contributed by atoms with E-state index in [1.807, 2.05) is 12.1 Å². The van der Waals surface area contributed by atoms with Crippen molar-refractivity contribution in [1.29, 1.82) is 0 Å². The van der Waals surface area contributed by atoms with E-state index in [1.165, 1.54) is 0 Å². The number of ether oxygens (including phenoxy) is 2. The molecule has 0 amide bonds. The molecule has 2 rings (SSSR count). The largest absolute Gasteiger partial charge is 0.490 e. The van der Waals surface area contributed by atoms with Crippen molar-refractivity contribution in [2.75, 3.05) is 7.11 Å². The van der Waals surface area contributed by atoms with Gasteiger partial charge in [-0.15, -0.1) is 0 Å². The van der Waals surface area contributed by atoms with Gasteiger partial charge in [0.25, 0.3) is 0 Å². The molecule has 92 valence electrons. The number of benzene rings is 1. The van der Waals surface area contributed by atoms with Crippen molar-refractivity contribution < 1.29 is 14.3 Å². The summed E-state index contributed by atoms with van der Waals surface area (Å²) in [5.74, 6) is 0.817. The number of carbonyl (C=O) groups is 1. The fourth-order valence-electron chi connectivity index (χ4n) is 1.50. The topological polar surface area (TPSA) is 35.5 Å². The van der Waals surface area contributed by atoms with Gasteiger partial charge in [-0.1, -0.05) is 0 Å². The van der Waals surface area contributed by atoms with Gasteiger partial charge >= 0.3 is 0 Å². The zero-order chi connectivity index (χ0) is 12.5. The van der Waals surface area contributed by atoms with Crippen LogP contribution in [0.5, 0.6) is 5.75 Å². The van der Waals surface area contributed by atoms with Crippen LogP contribution in [0.4, 0.5) is 0 Å². The first-order valence-electron chi connectivity index (χ1n) is 5.89. The summed E-state index contributed by atoms with van der Waals surface area (Å²) in [5.41, 5.74) is -0.126. The van der Waals surface area contributed by atoms with Crippen LogP contribution in [0.3, 0.4) is 0 Å². The smallest absolute Gasteiger partial charge is 0.194 e. The highest BCUT2D eigenvalue weighted by Crippen LogP contribution is 2.27. The Morgan fingerprint density at radius 2 is 1.82 bits per heavy atom. The van der Waals surface area contributed by atoms with Crippen LogP contribution in [0.25, 0.3) is 0 Å². The van der Waals surface area contributed by atoms with E-state index < -0.39 is 5.60 Å². The van der Waals surface area contributed by atoms with Crippen molar-refractivity contribution in [2.24, 2.45) is 0 Å². The molecule has 0 N–H and O–H groups in total. The quantitative estimate of drug-likeness (QED) is 0.735. The van der Waals surface area contributed by atoms with Crippen molar-refractivity contribution in [1.82, 2.24) is 0 Å². The molecule has 1 saturated carbocycles. The molecule has 3 nitrogen and oxygen atoms in total. The molecule has 1 aliphatic rings. The number of hydrogen-bond acceptors (Lipinski definition) is 3. The average Bonchev–Trinajstić information content (AvgIpc) is 3.13. The van der Waals surface area contributed by atoms with Crippen LogP contribution < -0.4 is 4.74 Å². The summed E-state index contributed by atoms with van der Waals surface area (Å²) >= 11 is 0. The molecule has 0 atom stereocenters. The Bertz CT molecular complexity index is 402. The molecule has 0 heterocycles. The second-order valence-electron chi connectivity index (χ2n) is 4.89. The molecule has 0 aliphatic heterocycles. The number of methoxy groups -OCH3 is 1. The number of Topliss-reactive ketones (excluding diaryl/α,β-unsaturated/α-hetero) is 1. The van der Waals surface area contributed by atoms with E-state index in [0.717, 1.165) is 18.6 Å². The Balaban J connectivity index is 2.08. The van der Waals surface area contributed by atoms with Crippen LogP contribution in [0.2, 0.25) is 0 Å². The Kier molecular flexibility index (Phi) is 3.20. The molecule has 3 heteroatoms. The van der Waals surface area contributed by atoms with E-state index in [4.69, 9.17) is 9.47 Å². The summed E-state index contributed by atoms with van der Waals surface area (Å²) in [6.07, 6.45) is 2.65. The summed E-state index contributed by atoms with van der Waals surface area (Å²) < 4.78 is 10.8. The van der Waals surface area contributed by atoms with E-state index >= 15 is 0 Å². The van der Waals surface area contributed by atoms with Gasteiger partial charge in [-0.05, 0) is 51.0 Å². The lowest BCUT2D eigenvalue weighted by Crippen LogP contribution is -2.33. The van der Waals surface area contributed by atoms with Crippen molar-refractivity contribution in [3.8, 4) is 5.75 Å². The summed E-state index contributed by atoms with van der Waals surface area (Å²) in [5, 5.41) is 0. The SMILES string of the molecule is COC(C)(C)C(=O)c1ccc(OC2CC2)cc1. The lowest BCUT2D eigenvalue weighted by Gasteiger charge is -2.21. The van der Waals surface area contributed by atoms with E-state index in [2.05, 4.69) is 0 Å². The first kappa shape index (κ1) is 12.1. The van der Waals surface area contributed by atoms with Crippen LogP contribution in [0.1, 0.15) is 37.0 Å². The normalized spacial score (nSPS) is 15.7. The lowest BCUT2D eigenvalue weighted by atomic mass is 9.96. The Morgan fingerprint density at radius 1 is 1.24 bits per heavy atom. The number of rotatable bonds is 5. The molecule has 1 aromatic rings. The second kappa shape index (κ2) is 4.49. The molecule has 1 fully saturated rings.